The van der Waals surface area contributed by atoms with Crippen LogP contribution in [-0.4, -0.2) is 62.5 Å². The molecule has 0 atom stereocenters. The summed E-state index contributed by atoms with van der Waals surface area (Å²) < 4.78 is 3.82. The van der Waals surface area contributed by atoms with Crippen LogP contribution in [0.15, 0.2) is 53.3 Å². The van der Waals surface area contributed by atoms with E-state index in [0.29, 0.717) is 42.8 Å². The Morgan fingerprint density at radius 2 is 1.71 bits per heavy atom. The summed E-state index contributed by atoms with van der Waals surface area (Å²) in [5.74, 6) is 0.703. The third-order valence-electron chi connectivity index (χ3n) is 7.29. The topological polar surface area (TPSA) is 87.2 Å². The molecule has 8 nitrogen and oxygen atoms in total. The van der Waals surface area contributed by atoms with Crippen molar-refractivity contribution in [3.8, 4) is 17.6 Å². The highest BCUT2D eigenvalue weighted by atomic mass is 16.2. The van der Waals surface area contributed by atoms with Gasteiger partial charge in [-0.2, -0.15) is 5.26 Å². The lowest BCUT2D eigenvalue weighted by atomic mass is 10.0. The predicted octanol–water partition coefficient (Wildman–Crippen LogP) is 2.63. The molecule has 35 heavy (non-hydrogen) atoms. The fourth-order valence-corrected chi connectivity index (χ4v) is 5.49. The van der Waals surface area contributed by atoms with Crippen molar-refractivity contribution >= 4 is 27.7 Å². The van der Waals surface area contributed by atoms with Crippen LogP contribution in [0.4, 0.5) is 0 Å². The molecule has 8 heteroatoms. The zero-order chi connectivity index (χ0) is 23.9. The minimum absolute atomic E-state index is 0.0344. The highest BCUT2D eigenvalue weighted by Gasteiger charge is 2.29. The molecule has 1 fully saturated rings. The van der Waals surface area contributed by atoms with E-state index in [0.717, 1.165) is 48.2 Å². The van der Waals surface area contributed by atoms with E-state index < -0.39 is 0 Å². The molecule has 176 valence electrons. The Morgan fingerprint density at radius 1 is 0.971 bits per heavy atom. The highest BCUT2D eigenvalue weighted by molar-refractivity contribution is 5.93. The second-order valence-corrected chi connectivity index (χ2v) is 9.22. The number of rotatable bonds is 4. The Bertz CT molecular complexity index is 1550. The molecular formula is C27H26N6O2. The second kappa shape index (κ2) is 8.67. The van der Waals surface area contributed by atoms with Crippen molar-refractivity contribution in [2.24, 2.45) is 0 Å². The molecule has 0 N–H and O–H groups in total. The van der Waals surface area contributed by atoms with Crippen molar-refractivity contribution in [1.29, 1.82) is 5.26 Å². The molecule has 1 amide bonds. The van der Waals surface area contributed by atoms with Crippen molar-refractivity contribution in [2.75, 3.05) is 32.7 Å². The SMILES string of the molecule is N#CCCN1CCN(C(=O)Cn2c3c(c4ccccc42)CCn2c-3nc3ccccc3c2=O)CC1. The lowest BCUT2D eigenvalue weighted by molar-refractivity contribution is -0.133. The molecule has 1 saturated heterocycles. The Kier molecular flexibility index (Phi) is 5.34. The number of para-hydroxylation sites is 2. The van der Waals surface area contributed by atoms with Crippen LogP contribution in [0.1, 0.15) is 12.0 Å². The summed E-state index contributed by atoms with van der Waals surface area (Å²) in [6, 6.07) is 17.8. The lowest BCUT2D eigenvalue weighted by Gasteiger charge is -2.34. The first-order valence-electron chi connectivity index (χ1n) is 12.1. The Labute approximate surface area is 202 Å². The molecule has 2 aliphatic heterocycles. The molecule has 2 aliphatic rings. The zero-order valence-corrected chi connectivity index (χ0v) is 19.5. The van der Waals surface area contributed by atoms with Gasteiger partial charge in [0.2, 0.25) is 5.91 Å². The summed E-state index contributed by atoms with van der Waals surface area (Å²) in [6.07, 6.45) is 1.23. The number of hydrogen-bond acceptors (Lipinski definition) is 5. The van der Waals surface area contributed by atoms with E-state index in [4.69, 9.17) is 10.2 Å². The maximum absolute atomic E-state index is 13.5. The van der Waals surface area contributed by atoms with E-state index in [9.17, 15) is 9.59 Å². The summed E-state index contributed by atoms with van der Waals surface area (Å²) in [7, 11) is 0. The van der Waals surface area contributed by atoms with Gasteiger partial charge in [0, 0.05) is 56.6 Å². The van der Waals surface area contributed by atoms with E-state index in [1.807, 2.05) is 47.4 Å². The predicted molar refractivity (Wildman–Crippen MR) is 134 cm³/mol. The van der Waals surface area contributed by atoms with Crippen molar-refractivity contribution in [3.63, 3.8) is 0 Å². The van der Waals surface area contributed by atoms with Gasteiger partial charge in [-0.25, -0.2) is 4.98 Å². The summed E-state index contributed by atoms with van der Waals surface area (Å²) >= 11 is 0. The number of nitrogens with zero attached hydrogens (tertiary/aromatic N) is 6. The van der Waals surface area contributed by atoms with Crippen molar-refractivity contribution in [2.45, 2.75) is 25.9 Å². The number of carbonyl (C=O) groups excluding carboxylic acids is 1. The molecular weight excluding hydrogens is 440 g/mol. The number of amides is 1. The van der Waals surface area contributed by atoms with E-state index in [-0.39, 0.29) is 18.0 Å². The van der Waals surface area contributed by atoms with Crippen LogP contribution in [0, 0.1) is 11.3 Å². The number of nitriles is 1. The van der Waals surface area contributed by atoms with Gasteiger partial charge >= 0.3 is 0 Å². The fourth-order valence-electron chi connectivity index (χ4n) is 5.49. The van der Waals surface area contributed by atoms with E-state index in [2.05, 4.69) is 21.6 Å². The van der Waals surface area contributed by atoms with Gasteiger partial charge in [-0.1, -0.05) is 30.3 Å². The van der Waals surface area contributed by atoms with Crippen LogP contribution >= 0.6 is 0 Å². The monoisotopic (exact) mass is 466 g/mol. The molecule has 2 aromatic heterocycles. The Hall–Kier alpha value is -3.96. The first-order valence-corrected chi connectivity index (χ1v) is 12.1. The van der Waals surface area contributed by atoms with Crippen LogP contribution in [0.5, 0.6) is 0 Å². The fraction of sp³-hybridized carbons (Fsp3) is 0.333. The summed E-state index contributed by atoms with van der Waals surface area (Å²) in [5, 5.41) is 10.6. The number of benzene rings is 2. The first kappa shape index (κ1) is 21.6. The number of piperazine rings is 1. The number of aryl methyl sites for hydroxylation is 1. The number of fused-ring (bicyclic) bond motifs is 6. The van der Waals surface area contributed by atoms with Gasteiger partial charge in [-0.15, -0.1) is 0 Å². The molecule has 0 unspecified atom stereocenters. The standard InChI is InChI=1S/C27H26N6O2/c28-11-5-12-30-14-16-31(17-15-30)24(34)18-33-23-9-4-2-6-19(23)20-10-13-32-26(25(20)33)29-22-8-3-1-7-21(22)27(32)35/h1-4,6-9H,5,10,12-18H2. The van der Waals surface area contributed by atoms with E-state index in [1.165, 1.54) is 0 Å². The quantitative estimate of drug-likeness (QED) is 0.462. The van der Waals surface area contributed by atoms with Crippen molar-refractivity contribution in [3.05, 3.63) is 64.4 Å². The van der Waals surface area contributed by atoms with Gasteiger partial charge in [0.05, 0.1) is 22.7 Å². The number of hydrogen-bond donors (Lipinski definition) is 0. The maximum Gasteiger partial charge on any atom is 0.261 e. The number of aromatic nitrogens is 3. The Balaban J connectivity index is 1.40. The van der Waals surface area contributed by atoms with Crippen LogP contribution in [0.3, 0.4) is 0 Å². The molecule has 0 bridgehead atoms. The molecule has 6 rings (SSSR count). The molecule has 4 aromatic rings. The minimum Gasteiger partial charge on any atom is -0.339 e. The zero-order valence-electron chi connectivity index (χ0n) is 19.5. The number of carbonyl (C=O) groups is 1. The van der Waals surface area contributed by atoms with Gasteiger partial charge in [0.1, 0.15) is 6.54 Å². The summed E-state index contributed by atoms with van der Waals surface area (Å²) in [6.45, 7) is 4.41. The molecule has 4 heterocycles. The van der Waals surface area contributed by atoms with E-state index >= 15 is 0 Å². The van der Waals surface area contributed by atoms with Gasteiger partial charge < -0.3 is 9.47 Å². The second-order valence-electron chi connectivity index (χ2n) is 9.22. The molecule has 0 aliphatic carbocycles. The normalized spacial score (nSPS) is 15.7. The Morgan fingerprint density at radius 3 is 2.51 bits per heavy atom. The smallest absolute Gasteiger partial charge is 0.261 e. The first-order chi connectivity index (χ1) is 17.2. The van der Waals surface area contributed by atoms with Crippen LogP contribution in [0.2, 0.25) is 0 Å². The average Bonchev–Trinajstić information content (AvgIpc) is 3.22. The van der Waals surface area contributed by atoms with Crippen LogP contribution < -0.4 is 5.56 Å². The lowest BCUT2D eigenvalue weighted by Crippen LogP contribution is -2.49. The summed E-state index contributed by atoms with van der Waals surface area (Å²) in [5.41, 5.74) is 3.66. The molecule has 0 saturated carbocycles. The van der Waals surface area contributed by atoms with Gasteiger partial charge in [-0.05, 0) is 30.2 Å². The van der Waals surface area contributed by atoms with Gasteiger partial charge in [-0.3, -0.25) is 19.1 Å². The van der Waals surface area contributed by atoms with E-state index in [1.54, 1.807) is 4.57 Å². The van der Waals surface area contributed by atoms with Crippen LogP contribution in [-0.2, 0) is 24.3 Å². The maximum atomic E-state index is 13.5. The van der Waals surface area contributed by atoms with Crippen molar-refractivity contribution in [1.82, 2.24) is 23.9 Å². The van der Waals surface area contributed by atoms with Crippen molar-refractivity contribution < 1.29 is 4.79 Å². The third-order valence-corrected chi connectivity index (χ3v) is 7.29. The van der Waals surface area contributed by atoms with Gasteiger partial charge in [0.25, 0.3) is 5.56 Å². The molecule has 0 radical (unpaired) electrons. The molecule has 0 spiro atoms. The largest absolute Gasteiger partial charge is 0.339 e. The van der Waals surface area contributed by atoms with Gasteiger partial charge in [0.15, 0.2) is 5.82 Å². The highest BCUT2D eigenvalue weighted by Crippen LogP contribution is 2.36. The summed E-state index contributed by atoms with van der Waals surface area (Å²) in [4.78, 5) is 35.8. The van der Waals surface area contributed by atoms with Crippen LogP contribution in [0.25, 0.3) is 33.3 Å². The average molecular weight is 467 g/mol. The minimum atomic E-state index is -0.0344. The third kappa shape index (κ3) is 3.60. The molecule has 2 aromatic carbocycles.